The van der Waals surface area contributed by atoms with Gasteiger partial charge < -0.3 is 9.80 Å². The molecular formula is C18H29N3OS. The number of aryl methyl sites for hydroxylation is 1. The summed E-state index contributed by atoms with van der Waals surface area (Å²) in [7, 11) is 0. The Hall–Kier alpha value is -0.940. The fraction of sp³-hybridized carbons (Fsp3) is 0.778. The number of hydrogen-bond acceptors (Lipinski definition) is 4. The number of rotatable bonds is 4. The summed E-state index contributed by atoms with van der Waals surface area (Å²) < 4.78 is 0. The Morgan fingerprint density at radius 1 is 1.35 bits per heavy atom. The maximum atomic E-state index is 12.5. The van der Waals surface area contributed by atoms with Gasteiger partial charge in [-0.25, -0.2) is 4.98 Å². The predicted octanol–water partition coefficient (Wildman–Crippen LogP) is 3.60. The molecule has 2 saturated heterocycles. The zero-order chi connectivity index (χ0) is 16.4. The summed E-state index contributed by atoms with van der Waals surface area (Å²) >= 11 is 1.68. The van der Waals surface area contributed by atoms with Crippen molar-refractivity contribution >= 4 is 17.2 Å². The molecule has 2 aliphatic heterocycles. The SMILES string of the molecule is CC[C@@H](C)N1CCC[C@@]2(CCC(=O)N2Cc2csc(C)n2)CC1. The van der Waals surface area contributed by atoms with Crippen LogP contribution in [0.4, 0.5) is 0 Å². The van der Waals surface area contributed by atoms with Gasteiger partial charge in [0, 0.05) is 29.9 Å². The van der Waals surface area contributed by atoms with Crippen LogP contribution in [-0.2, 0) is 11.3 Å². The minimum absolute atomic E-state index is 0.0802. The first-order valence-electron chi connectivity index (χ1n) is 8.99. The van der Waals surface area contributed by atoms with Crippen molar-refractivity contribution in [3.05, 3.63) is 16.1 Å². The first-order chi connectivity index (χ1) is 11.0. The number of amides is 1. The van der Waals surface area contributed by atoms with Crippen LogP contribution in [-0.4, -0.2) is 45.4 Å². The molecule has 1 aromatic rings. The lowest BCUT2D eigenvalue weighted by molar-refractivity contribution is -0.132. The van der Waals surface area contributed by atoms with Crippen molar-refractivity contribution in [2.24, 2.45) is 0 Å². The van der Waals surface area contributed by atoms with Gasteiger partial charge in [-0.3, -0.25) is 4.79 Å². The van der Waals surface area contributed by atoms with Crippen LogP contribution in [0.3, 0.4) is 0 Å². The average molecular weight is 336 g/mol. The summed E-state index contributed by atoms with van der Waals surface area (Å²) in [6.45, 7) is 9.62. The molecule has 3 heterocycles. The van der Waals surface area contributed by atoms with Gasteiger partial charge in [0.25, 0.3) is 0 Å². The summed E-state index contributed by atoms with van der Waals surface area (Å²) in [5.74, 6) is 0.327. The van der Waals surface area contributed by atoms with E-state index in [1.165, 1.54) is 19.4 Å². The van der Waals surface area contributed by atoms with Crippen molar-refractivity contribution in [3.63, 3.8) is 0 Å². The Labute approximate surface area is 143 Å². The predicted molar refractivity (Wildman–Crippen MR) is 94.5 cm³/mol. The Morgan fingerprint density at radius 3 is 2.87 bits per heavy atom. The summed E-state index contributed by atoms with van der Waals surface area (Å²) in [5.41, 5.74) is 1.14. The van der Waals surface area contributed by atoms with Gasteiger partial charge in [0.1, 0.15) is 0 Å². The number of carbonyl (C=O) groups excluding carboxylic acids is 1. The Morgan fingerprint density at radius 2 is 2.17 bits per heavy atom. The van der Waals surface area contributed by atoms with E-state index in [1.807, 2.05) is 6.92 Å². The van der Waals surface area contributed by atoms with Gasteiger partial charge in [0.15, 0.2) is 0 Å². The minimum Gasteiger partial charge on any atom is -0.331 e. The molecule has 128 valence electrons. The molecule has 23 heavy (non-hydrogen) atoms. The Balaban J connectivity index is 1.75. The number of hydrogen-bond donors (Lipinski definition) is 0. The van der Waals surface area contributed by atoms with Gasteiger partial charge >= 0.3 is 0 Å². The first-order valence-corrected chi connectivity index (χ1v) is 9.87. The Kier molecular flexibility index (Phi) is 5.07. The highest BCUT2D eigenvalue weighted by atomic mass is 32.1. The smallest absolute Gasteiger partial charge is 0.223 e. The molecule has 1 aromatic heterocycles. The number of thiazole rings is 1. The lowest BCUT2D eigenvalue weighted by Gasteiger charge is -2.38. The molecule has 1 amide bonds. The second-order valence-corrected chi connectivity index (χ2v) is 8.27. The standard InChI is InChI=1S/C18H29N3OS/c1-4-14(2)20-10-5-7-18(9-11-20)8-6-17(22)21(18)12-16-13-23-15(3)19-16/h13-14H,4-12H2,1-3H3/t14-,18-/m1/s1. The first kappa shape index (κ1) is 16.9. The van der Waals surface area contributed by atoms with Gasteiger partial charge in [-0.15, -0.1) is 11.3 Å². The fourth-order valence-electron chi connectivity index (χ4n) is 4.19. The van der Waals surface area contributed by atoms with E-state index >= 15 is 0 Å². The molecule has 0 aromatic carbocycles. The zero-order valence-corrected chi connectivity index (χ0v) is 15.5. The highest BCUT2D eigenvalue weighted by molar-refractivity contribution is 7.09. The van der Waals surface area contributed by atoms with Crippen LogP contribution < -0.4 is 0 Å². The van der Waals surface area contributed by atoms with E-state index in [1.54, 1.807) is 11.3 Å². The molecular weight excluding hydrogens is 306 g/mol. The molecule has 3 rings (SSSR count). The lowest BCUT2D eigenvalue weighted by atomic mass is 9.87. The molecule has 0 radical (unpaired) electrons. The van der Waals surface area contributed by atoms with Crippen molar-refractivity contribution in [3.8, 4) is 0 Å². The van der Waals surface area contributed by atoms with Gasteiger partial charge in [-0.1, -0.05) is 6.92 Å². The highest BCUT2D eigenvalue weighted by Crippen LogP contribution is 2.40. The van der Waals surface area contributed by atoms with Crippen molar-refractivity contribution in [1.82, 2.24) is 14.8 Å². The van der Waals surface area contributed by atoms with E-state index in [2.05, 4.69) is 34.0 Å². The van der Waals surface area contributed by atoms with Crippen LogP contribution in [0.25, 0.3) is 0 Å². The summed E-state index contributed by atoms with van der Waals surface area (Å²) in [5, 5.41) is 3.20. The summed E-state index contributed by atoms with van der Waals surface area (Å²) in [6, 6.07) is 0.650. The number of nitrogens with zero attached hydrogens (tertiary/aromatic N) is 3. The fourth-order valence-corrected chi connectivity index (χ4v) is 4.80. The lowest BCUT2D eigenvalue weighted by Crippen LogP contribution is -2.46. The van der Waals surface area contributed by atoms with E-state index < -0.39 is 0 Å². The van der Waals surface area contributed by atoms with Gasteiger partial charge in [-0.05, 0) is 52.5 Å². The summed E-state index contributed by atoms with van der Waals surface area (Å²) in [6.07, 6.45) is 6.41. The number of aromatic nitrogens is 1. The van der Waals surface area contributed by atoms with Crippen molar-refractivity contribution in [1.29, 1.82) is 0 Å². The van der Waals surface area contributed by atoms with Crippen molar-refractivity contribution in [2.75, 3.05) is 13.1 Å². The largest absolute Gasteiger partial charge is 0.331 e. The van der Waals surface area contributed by atoms with Crippen LogP contribution in [0.1, 0.15) is 63.1 Å². The van der Waals surface area contributed by atoms with Crippen LogP contribution >= 0.6 is 11.3 Å². The third kappa shape index (κ3) is 3.45. The maximum Gasteiger partial charge on any atom is 0.223 e. The average Bonchev–Trinajstić information content (AvgIpc) is 2.99. The second kappa shape index (κ2) is 6.89. The molecule has 2 atom stereocenters. The molecule has 0 unspecified atom stereocenters. The van der Waals surface area contributed by atoms with Gasteiger partial charge in [0.2, 0.25) is 5.91 Å². The monoisotopic (exact) mass is 335 g/mol. The van der Waals surface area contributed by atoms with E-state index in [-0.39, 0.29) is 5.54 Å². The summed E-state index contributed by atoms with van der Waals surface area (Å²) in [4.78, 5) is 21.9. The van der Waals surface area contributed by atoms with Crippen molar-refractivity contribution in [2.45, 2.75) is 77.4 Å². The van der Waals surface area contributed by atoms with Crippen LogP contribution in [0.5, 0.6) is 0 Å². The molecule has 0 aliphatic carbocycles. The molecule has 5 heteroatoms. The molecule has 4 nitrogen and oxygen atoms in total. The topological polar surface area (TPSA) is 36.4 Å². The molecule has 0 bridgehead atoms. The molecule has 0 N–H and O–H groups in total. The second-order valence-electron chi connectivity index (χ2n) is 7.21. The molecule has 2 aliphatic rings. The van der Waals surface area contributed by atoms with Crippen LogP contribution in [0, 0.1) is 6.92 Å². The maximum absolute atomic E-state index is 12.5. The number of likely N-dealkylation sites (tertiary alicyclic amines) is 2. The van der Waals surface area contributed by atoms with Crippen LogP contribution in [0.2, 0.25) is 0 Å². The quantitative estimate of drug-likeness (QED) is 0.843. The van der Waals surface area contributed by atoms with E-state index in [0.717, 1.165) is 36.5 Å². The normalized spacial score (nSPS) is 27.6. The van der Waals surface area contributed by atoms with Gasteiger partial charge in [-0.2, -0.15) is 0 Å². The van der Waals surface area contributed by atoms with E-state index in [9.17, 15) is 4.79 Å². The molecule has 0 saturated carbocycles. The number of carbonyl (C=O) groups is 1. The highest BCUT2D eigenvalue weighted by Gasteiger charge is 2.45. The van der Waals surface area contributed by atoms with Crippen molar-refractivity contribution < 1.29 is 4.79 Å². The molecule has 2 fully saturated rings. The van der Waals surface area contributed by atoms with Gasteiger partial charge in [0.05, 0.1) is 17.2 Å². The van der Waals surface area contributed by atoms with E-state index in [4.69, 9.17) is 0 Å². The Bertz CT molecular complexity index is 558. The van der Waals surface area contributed by atoms with Crippen LogP contribution in [0.15, 0.2) is 5.38 Å². The third-order valence-electron chi connectivity index (χ3n) is 5.83. The zero-order valence-electron chi connectivity index (χ0n) is 14.7. The minimum atomic E-state index is 0.0802. The van der Waals surface area contributed by atoms with E-state index in [0.29, 0.717) is 24.9 Å². The molecule has 1 spiro atoms. The third-order valence-corrected chi connectivity index (χ3v) is 6.65.